The lowest BCUT2D eigenvalue weighted by molar-refractivity contribution is -0.141. The number of pyridine rings is 1. The van der Waals surface area contributed by atoms with Gasteiger partial charge in [-0.2, -0.15) is 13.2 Å². The van der Waals surface area contributed by atoms with Crippen molar-refractivity contribution < 1.29 is 22.7 Å². The third kappa shape index (κ3) is 3.15. The molecule has 3 fully saturated rings. The summed E-state index contributed by atoms with van der Waals surface area (Å²) in [6.45, 7) is 0.861. The molecule has 142 valence electrons. The van der Waals surface area contributed by atoms with Crippen LogP contribution in [0, 0.1) is 0 Å². The molecule has 2 atom stereocenters. The van der Waals surface area contributed by atoms with Crippen molar-refractivity contribution in [2.75, 3.05) is 25.1 Å². The van der Waals surface area contributed by atoms with Crippen LogP contribution in [0.3, 0.4) is 0 Å². The van der Waals surface area contributed by atoms with Crippen LogP contribution in [0.2, 0.25) is 0 Å². The monoisotopic (exact) mass is 379 g/mol. The highest BCUT2D eigenvalue weighted by molar-refractivity contribution is 5.95. The molecule has 3 saturated heterocycles. The first-order valence-electron chi connectivity index (χ1n) is 8.33. The van der Waals surface area contributed by atoms with Crippen LogP contribution >= 0.6 is 0 Å². The Kier molecular flexibility index (Phi) is 4.12. The van der Waals surface area contributed by atoms with Crippen molar-refractivity contribution in [2.45, 2.75) is 24.7 Å². The number of amides is 1. The summed E-state index contributed by atoms with van der Waals surface area (Å²) >= 11 is 0. The van der Waals surface area contributed by atoms with Crippen molar-refractivity contribution in [2.24, 2.45) is 0 Å². The van der Waals surface area contributed by atoms with Crippen LogP contribution in [0.5, 0.6) is 5.88 Å². The molecule has 2 bridgehead atoms. The summed E-state index contributed by atoms with van der Waals surface area (Å²) in [6, 6.07) is 4.09. The molecule has 0 radical (unpaired) electrons. The van der Waals surface area contributed by atoms with E-state index in [1.807, 2.05) is 0 Å². The number of carbonyl (C=O) groups is 1. The Hall–Kier alpha value is -2.91. The number of rotatable bonds is 3. The van der Waals surface area contributed by atoms with E-state index in [-0.39, 0.29) is 23.8 Å². The number of carbonyl (C=O) groups excluding carboxylic acids is 1. The molecule has 5 rings (SSSR count). The van der Waals surface area contributed by atoms with E-state index in [1.54, 1.807) is 21.9 Å². The Morgan fingerprint density at radius 2 is 1.93 bits per heavy atom. The van der Waals surface area contributed by atoms with Crippen LogP contribution in [0.25, 0.3) is 0 Å². The second-order valence-corrected chi connectivity index (χ2v) is 6.51. The van der Waals surface area contributed by atoms with Gasteiger partial charge in [-0.05, 0) is 12.5 Å². The number of hydrogen-bond donors (Lipinski definition) is 0. The average molecular weight is 379 g/mol. The number of aromatic nitrogens is 3. The molecule has 3 aliphatic heterocycles. The highest BCUT2D eigenvalue weighted by Crippen LogP contribution is 2.36. The first-order valence-corrected chi connectivity index (χ1v) is 8.33. The second kappa shape index (κ2) is 6.36. The van der Waals surface area contributed by atoms with Gasteiger partial charge in [0, 0.05) is 31.4 Å². The molecule has 5 heterocycles. The fourth-order valence-electron chi connectivity index (χ4n) is 3.58. The first-order chi connectivity index (χ1) is 12.9. The fraction of sp³-hybridized carbons (Fsp3) is 0.412. The predicted molar refractivity (Wildman–Crippen MR) is 88.4 cm³/mol. The number of hydrogen-bond acceptors (Lipinski definition) is 6. The van der Waals surface area contributed by atoms with Gasteiger partial charge in [-0.15, -0.1) is 0 Å². The van der Waals surface area contributed by atoms with E-state index < -0.39 is 11.9 Å². The van der Waals surface area contributed by atoms with Gasteiger partial charge in [-0.3, -0.25) is 4.79 Å². The molecule has 2 aromatic heterocycles. The highest BCUT2D eigenvalue weighted by Gasteiger charge is 2.48. The fourth-order valence-corrected chi connectivity index (χ4v) is 3.58. The molecular weight excluding hydrogens is 363 g/mol. The molecule has 27 heavy (non-hydrogen) atoms. The summed E-state index contributed by atoms with van der Waals surface area (Å²) in [4.78, 5) is 27.6. The SMILES string of the molecule is COc1ccc(C(=O)N2C3CC2CN(c2cc(C(F)(F)F)ncn2)C3)cn1. The van der Waals surface area contributed by atoms with Gasteiger partial charge in [0.1, 0.15) is 17.8 Å². The predicted octanol–water partition coefficient (Wildman–Crippen LogP) is 2.00. The van der Waals surface area contributed by atoms with Gasteiger partial charge >= 0.3 is 6.18 Å². The van der Waals surface area contributed by atoms with E-state index in [9.17, 15) is 18.0 Å². The third-order valence-corrected chi connectivity index (χ3v) is 4.89. The molecule has 7 nitrogen and oxygen atoms in total. The molecular formula is C17H16F3N5O2. The van der Waals surface area contributed by atoms with Crippen LogP contribution in [0.15, 0.2) is 30.7 Å². The molecule has 0 saturated carbocycles. The number of methoxy groups -OCH3 is 1. The van der Waals surface area contributed by atoms with Crippen LogP contribution in [0.4, 0.5) is 19.0 Å². The quantitative estimate of drug-likeness (QED) is 0.813. The third-order valence-electron chi connectivity index (χ3n) is 4.89. The molecule has 1 amide bonds. The Morgan fingerprint density at radius 3 is 2.52 bits per heavy atom. The summed E-state index contributed by atoms with van der Waals surface area (Å²) < 4.78 is 43.5. The number of fused-ring (bicyclic) bond motifs is 2. The zero-order valence-electron chi connectivity index (χ0n) is 14.3. The van der Waals surface area contributed by atoms with Gasteiger partial charge in [-0.25, -0.2) is 15.0 Å². The Morgan fingerprint density at radius 1 is 1.19 bits per heavy atom. The molecule has 0 spiro atoms. The van der Waals surface area contributed by atoms with Crippen molar-refractivity contribution in [3.05, 3.63) is 42.0 Å². The van der Waals surface area contributed by atoms with Crippen molar-refractivity contribution >= 4 is 11.7 Å². The maximum atomic E-state index is 12.9. The second-order valence-electron chi connectivity index (χ2n) is 6.51. The molecule has 3 aliphatic rings. The van der Waals surface area contributed by atoms with Crippen molar-refractivity contribution in [1.82, 2.24) is 19.9 Å². The van der Waals surface area contributed by atoms with E-state index in [2.05, 4.69) is 15.0 Å². The largest absolute Gasteiger partial charge is 0.481 e. The van der Waals surface area contributed by atoms with Crippen molar-refractivity contribution in [3.63, 3.8) is 0 Å². The molecule has 0 N–H and O–H groups in total. The summed E-state index contributed by atoms with van der Waals surface area (Å²) in [5.74, 6) is 0.515. The topological polar surface area (TPSA) is 71.5 Å². The zero-order chi connectivity index (χ0) is 19.2. The Bertz CT molecular complexity index is 846. The number of alkyl halides is 3. The average Bonchev–Trinajstić information content (AvgIpc) is 2.67. The lowest BCUT2D eigenvalue weighted by atomic mass is 9.86. The van der Waals surface area contributed by atoms with Crippen molar-refractivity contribution in [3.8, 4) is 5.88 Å². The molecule has 0 aliphatic carbocycles. The van der Waals surface area contributed by atoms with Crippen LogP contribution in [-0.2, 0) is 6.18 Å². The van der Waals surface area contributed by atoms with E-state index in [0.717, 1.165) is 18.8 Å². The van der Waals surface area contributed by atoms with Gasteiger partial charge < -0.3 is 14.5 Å². The molecule has 10 heteroatoms. The summed E-state index contributed by atoms with van der Waals surface area (Å²) in [5, 5.41) is 0. The Balaban J connectivity index is 1.47. The standard InChI is InChI=1S/C17H16F3N5O2/c1-27-15-3-2-10(6-21-15)16(26)25-11-4-12(25)8-24(7-11)14-5-13(17(18,19)20)22-9-23-14/h2-3,5-6,9,11-12H,4,7-8H2,1H3. The van der Waals surface area contributed by atoms with Gasteiger partial charge in [-0.1, -0.05) is 0 Å². The molecule has 2 unspecified atom stereocenters. The van der Waals surface area contributed by atoms with Crippen LogP contribution in [-0.4, -0.2) is 58.0 Å². The molecule has 2 aromatic rings. The van der Waals surface area contributed by atoms with E-state index >= 15 is 0 Å². The number of piperazine rings is 1. The number of anilines is 1. The number of nitrogens with zero attached hydrogens (tertiary/aromatic N) is 5. The summed E-state index contributed by atoms with van der Waals surface area (Å²) in [5.41, 5.74) is -0.510. The number of halogens is 3. The van der Waals surface area contributed by atoms with Crippen LogP contribution in [0.1, 0.15) is 22.5 Å². The van der Waals surface area contributed by atoms with Gasteiger partial charge in [0.25, 0.3) is 5.91 Å². The normalized spacial score (nSPS) is 21.6. The van der Waals surface area contributed by atoms with E-state index in [1.165, 1.54) is 13.3 Å². The maximum absolute atomic E-state index is 12.9. The van der Waals surface area contributed by atoms with E-state index in [4.69, 9.17) is 4.74 Å². The minimum absolute atomic E-state index is 0.0670. The zero-order valence-corrected chi connectivity index (χ0v) is 14.3. The minimum atomic E-state index is -4.51. The number of ether oxygens (including phenoxy) is 1. The lowest BCUT2D eigenvalue weighted by Gasteiger charge is -2.56. The molecule has 0 aromatic carbocycles. The van der Waals surface area contributed by atoms with Gasteiger partial charge in [0.05, 0.1) is 24.8 Å². The van der Waals surface area contributed by atoms with Crippen molar-refractivity contribution in [1.29, 1.82) is 0 Å². The lowest BCUT2D eigenvalue weighted by Crippen LogP contribution is -2.70. The van der Waals surface area contributed by atoms with E-state index in [0.29, 0.717) is 24.5 Å². The first kappa shape index (κ1) is 17.5. The Labute approximate surface area is 152 Å². The summed E-state index contributed by atoms with van der Waals surface area (Å²) in [7, 11) is 1.50. The van der Waals surface area contributed by atoms with Gasteiger partial charge in [0.2, 0.25) is 5.88 Å². The smallest absolute Gasteiger partial charge is 0.433 e. The number of piperidine rings is 1. The summed E-state index contributed by atoms with van der Waals surface area (Å²) in [6.07, 6.45) is -1.31. The van der Waals surface area contributed by atoms with Crippen LogP contribution < -0.4 is 9.64 Å². The van der Waals surface area contributed by atoms with Gasteiger partial charge in [0.15, 0.2) is 0 Å². The maximum Gasteiger partial charge on any atom is 0.433 e. The highest BCUT2D eigenvalue weighted by atomic mass is 19.4. The minimum Gasteiger partial charge on any atom is -0.481 e.